The number of hydrogen-bond acceptors (Lipinski definition) is 3. The van der Waals surface area contributed by atoms with Gasteiger partial charge in [-0.15, -0.1) is 5.10 Å². The standard InChI is InChI=1S/C11H10F6N4/c1-18-9-19-8-6(4-5-10(12,13)14)2-3-7(11(15,16)17)21(8)20-9/h2-3H,4-5H2,1H3,(H,18,20). The average Bonchev–Trinajstić information content (AvgIpc) is 2.77. The van der Waals surface area contributed by atoms with Crippen LogP contribution in [0, 0.1) is 0 Å². The summed E-state index contributed by atoms with van der Waals surface area (Å²) in [6.45, 7) is 0. The molecule has 0 unspecified atom stereocenters. The molecule has 0 spiro atoms. The lowest BCUT2D eigenvalue weighted by molar-refractivity contribution is -0.142. The van der Waals surface area contributed by atoms with Crippen LogP contribution >= 0.6 is 0 Å². The van der Waals surface area contributed by atoms with Gasteiger partial charge in [0.25, 0.3) is 0 Å². The molecule has 1 N–H and O–H groups in total. The lowest BCUT2D eigenvalue weighted by Gasteiger charge is -2.11. The van der Waals surface area contributed by atoms with Crippen LogP contribution in [-0.2, 0) is 12.6 Å². The van der Waals surface area contributed by atoms with E-state index in [2.05, 4.69) is 15.4 Å². The lowest BCUT2D eigenvalue weighted by Crippen LogP contribution is -2.14. The number of alkyl halides is 6. The monoisotopic (exact) mass is 312 g/mol. The van der Waals surface area contributed by atoms with Crippen LogP contribution < -0.4 is 5.32 Å². The van der Waals surface area contributed by atoms with Crippen molar-refractivity contribution in [2.45, 2.75) is 25.2 Å². The lowest BCUT2D eigenvalue weighted by atomic mass is 10.1. The summed E-state index contributed by atoms with van der Waals surface area (Å²) in [6.07, 6.45) is -10.7. The highest BCUT2D eigenvalue weighted by molar-refractivity contribution is 5.52. The molecule has 2 aromatic heterocycles. The number of nitrogens with zero attached hydrogens (tertiary/aromatic N) is 3. The Bertz CT molecular complexity index is 642. The van der Waals surface area contributed by atoms with Gasteiger partial charge in [-0.3, -0.25) is 0 Å². The van der Waals surface area contributed by atoms with Crippen LogP contribution in [0.5, 0.6) is 0 Å². The maximum absolute atomic E-state index is 12.8. The molecule has 0 aliphatic carbocycles. The Morgan fingerprint density at radius 1 is 1.14 bits per heavy atom. The number of aromatic nitrogens is 3. The summed E-state index contributed by atoms with van der Waals surface area (Å²) in [4.78, 5) is 3.78. The van der Waals surface area contributed by atoms with Gasteiger partial charge in [0.2, 0.25) is 5.95 Å². The molecule has 0 saturated carbocycles. The highest BCUT2D eigenvalue weighted by Crippen LogP contribution is 2.31. The zero-order valence-corrected chi connectivity index (χ0v) is 10.7. The number of aryl methyl sites for hydroxylation is 1. The molecule has 0 bridgehead atoms. The Morgan fingerprint density at radius 3 is 2.33 bits per heavy atom. The van der Waals surface area contributed by atoms with Crippen LogP contribution in [0.3, 0.4) is 0 Å². The van der Waals surface area contributed by atoms with E-state index >= 15 is 0 Å². The third-order valence-corrected chi connectivity index (χ3v) is 2.76. The molecule has 0 fully saturated rings. The first kappa shape index (κ1) is 15.4. The van der Waals surface area contributed by atoms with Crippen LogP contribution in [0.2, 0.25) is 0 Å². The molecular weight excluding hydrogens is 302 g/mol. The fraction of sp³-hybridized carbons (Fsp3) is 0.455. The Labute approximate surface area is 114 Å². The molecule has 2 heterocycles. The van der Waals surface area contributed by atoms with Crippen LogP contribution in [0.15, 0.2) is 12.1 Å². The van der Waals surface area contributed by atoms with Crippen molar-refractivity contribution in [1.29, 1.82) is 0 Å². The molecule has 0 aliphatic rings. The Balaban J connectivity index is 2.51. The maximum atomic E-state index is 12.8. The molecule has 21 heavy (non-hydrogen) atoms. The third-order valence-electron chi connectivity index (χ3n) is 2.76. The third kappa shape index (κ3) is 3.37. The molecule has 116 valence electrons. The Kier molecular flexibility index (Phi) is 3.72. The van der Waals surface area contributed by atoms with Crippen LogP contribution in [0.25, 0.3) is 5.65 Å². The van der Waals surface area contributed by atoms with Crippen molar-refractivity contribution in [1.82, 2.24) is 14.6 Å². The number of rotatable bonds is 3. The molecule has 0 amide bonds. The van der Waals surface area contributed by atoms with Crippen LogP contribution in [0.1, 0.15) is 17.7 Å². The number of halogens is 6. The zero-order chi connectivity index (χ0) is 15.8. The summed E-state index contributed by atoms with van der Waals surface area (Å²) in [5.41, 5.74) is -1.28. The van der Waals surface area contributed by atoms with E-state index in [0.717, 1.165) is 6.07 Å². The summed E-state index contributed by atoms with van der Waals surface area (Å²) in [6, 6.07) is 1.70. The SMILES string of the molecule is CNc1nc2c(CCC(F)(F)F)ccc(C(F)(F)F)n2n1. The van der Waals surface area contributed by atoms with Crippen molar-refractivity contribution in [2.75, 3.05) is 12.4 Å². The second kappa shape index (κ2) is 5.08. The predicted molar refractivity (Wildman–Crippen MR) is 61.9 cm³/mol. The van der Waals surface area contributed by atoms with Crippen molar-refractivity contribution in [3.63, 3.8) is 0 Å². The number of nitrogens with one attached hydrogen (secondary N) is 1. The molecular formula is C11H10F6N4. The fourth-order valence-corrected chi connectivity index (χ4v) is 1.80. The van der Waals surface area contributed by atoms with Gasteiger partial charge in [0.15, 0.2) is 5.65 Å². The first-order valence-corrected chi connectivity index (χ1v) is 5.82. The van der Waals surface area contributed by atoms with E-state index < -0.39 is 30.9 Å². The van der Waals surface area contributed by atoms with Crippen LogP contribution in [-0.4, -0.2) is 27.8 Å². The Morgan fingerprint density at radius 2 is 1.81 bits per heavy atom. The minimum Gasteiger partial charge on any atom is -0.356 e. The highest BCUT2D eigenvalue weighted by Gasteiger charge is 2.35. The molecule has 2 rings (SSSR count). The van der Waals surface area contributed by atoms with Gasteiger partial charge < -0.3 is 5.32 Å². The molecule has 0 saturated heterocycles. The number of fused-ring (bicyclic) bond motifs is 1. The summed E-state index contributed by atoms with van der Waals surface area (Å²) in [5, 5.41) is 6.06. The van der Waals surface area contributed by atoms with E-state index in [-0.39, 0.29) is 17.2 Å². The van der Waals surface area contributed by atoms with E-state index in [9.17, 15) is 26.3 Å². The zero-order valence-electron chi connectivity index (χ0n) is 10.7. The van der Waals surface area contributed by atoms with Crippen molar-refractivity contribution in [3.05, 3.63) is 23.4 Å². The quantitative estimate of drug-likeness (QED) is 0.884. The van der Waals surface area contributed by atoms with Crippen molar-refractivity contribution in [3.8, 4) is 0 Å². The van der Waals surface area contributed by atoms with Gasteiger partial charge in [-0.05, 0) is 18.1 Å². The summed E-state index contributed by atoms with van der Waals surface area (Å²) in [5.74, 6) is -0.0973. The average molecular weight is 312 g/mol. The first-order chi connectivity index (χ1) is 9.62. The first-order valence-electron chi connectivity index (χ1n) is 5.82. The molecule has 0 aliphatic heterocycles. The van der Waals surface area contributed by atoms with E-state index in [1.54, 1.807) is 0 Å². The molecule has 0 aromatic carbocycles. The van der Waals surface area contributed by atoms with Crippen molar-refractivity contribution >= 4 is 11.6 Å². The van der Waals surface area contributed by atoms with Crippen molar-refractivity contribution in [2.24, 2.45) is 0 Å². The summed E-state index contributed by atoms with van der Waals surface area (Å²) >= 11 is 0. The summed E-state index contributed by atoms with van der Waals surface area (Å²) in [7, 11) is 1.40. The number of hydrogen-bond donors (Lipinski definition) is 1. The van der Waals surface area contributed by atoms with Gasteiger partial charge in [-0.25, -0.2) is 4.52 Å². The van der Waals surface area contributed by atoms with Gasteiger partial charge in [0, 0.05) is 13.5 Å². The maximum Gasteiger partial charge on any atom is 0.433 e. The summed E-state index contributed by atoms with van der Waals surface area (Å²) < 4.78 is 75.8. The second-order valence-electron chi connectivity index (χ2n) is 4.28. The van der Waals surface area contributed by atoms with Gasteiger partial charge in [0.1, 0.15) is 5.69 Å². The van der Waals surface area contributed by atoms with E-state index in [4.69, 9.17) is 0 Å². The van der Waals surface area contributed by atoms with E-state index in [1.807, 2.05) is 0 Å². The molecule has 10 heteroatoms. The van der Waals surface area contributed by atoms with Gasteiger partial charge in [-0.1, -0.05) is 6.07 Å². The minimum atomic E-state index is -4.68. The van der Waals surface area contributed by atoms with Crippen LogP contribution in [0.4, 0.5) is 32.3 Å². The molecule has 2 aromatic rings. The molecule has 0 radical (unpaired) electrons. The predicted octanol–water partition coefficient (Wildman–Crippen LogP) is 3.28. The van der Waals surface area contributed by atoms with E-state index in [1.165, 1.54) is 7.05 Å². The van der Waals surface area contributed by atoms with Gasteiger partial charge in [-0.2, -0.15) is 31.3 Å². The number of pyridine rings is 1. The topological polar surface area (TPSA) is 42.2 Å². The van der Waals surface area contributed by atoms with Gasteiger partial charge >= 0.3 is 12.4 Å². The van der Waals surface area contributed by atoms with E-state index in [0.29, 0.717) is 10.6 Å². The fourth-order valence-electron chi connectivity index (χ4n) is 1.80. The number of anilines is 1. The Hall–Kier alpha value is -2.00. The largest absolute Gasteiger partial charge is 0.433 e. The molecule has 4 nitrogen and oxygen atoms in total. The smallest absolute Gasteiger partial charge is 0.356 e. The second-order valence-corrected chi connectivity index (χ2v) is 4.28. The van der Waals surface area contributed by atoms with Crippen molar-refractivity contribution < 1.29 is 26.3 Å². The highest BCUT2D eigenvalue weighted by atomic mass is 19.4. The minimum absolute atomic E-state index is 0.0503. The normalized spacial score (nSPS) is 12.9. The molecule has 0 atom stereocenters. The van der Waals surface area contributed by atoms with Gasteiger partial charge in [0.05, 0.1) is 0 Å².